The Hall–Kier alpha value is -2.04. The van der Waals surface area contributed by atoms with Crippen LogP contribution in [-0.4, -0.2) is 54.4 Å². The second kappa shape index (κ2) is 8.97. The van der Waals surface area contributed by atoms with Gasteiger partial charge in [-0.25, -0.2) is 0 Å². The summed E-state index contributed by atoms with van der Waals surface area (Å²) in [6.07, 6.45) is 4.80. The van der Waals surface area contributed by atoms with Crippen molar-refractivity contribution in [3.05, 3.63) is 29.8 Å². The smallest absolute Gasteiger partial charge is 0.257 e. The van der Waals surface area contributed by atoms with E-state index < -0.39 is 0 Å². The van der Waals surface area contributed by atoms with Gasteiger partial charge in [0.2, 0.25) is 5.91 Å². The van der Waals surface area contributed by atoms with Gasteiger partial charge in [0.15, 0.2) is 0 Å². The van der Waals surface area contributed by atoms with E-state index in [0.29, 0.717) is 30.3 Å². The minimum Gasteiger partial charge on any atom is -0.492 e. The molecule has 0 aromatic heterocycles. The molecule has 2 amide bonds. The van der Waals surface area contributed by atoms with Crippen LogP contribution >= 0.6 is 0 Å². The Morgan fingerprint density at radius 1 is 1.04 bits per heavy atom. The maximum atomic E-state index is 12.8. The summed E-state index contributed by atoms with van der Waals surface area (Å²) in [6, 6.07) is 7.55. The molecule has 1 aromatic rings. The lowest BCUT2D eigenvalue weighted by Gasteiger charge is -2.34. The number of piperidine rings is 1. The molecule has 0 radical (unpaired) electrons. The minimum atomic E-state index is 0.00933. The molecule has 1 aromatic carbocycles. The number of amides is 2. The Morgan fingerprint density at radius 3 is 2.43 bits per heavy atom. The molecule has 154 valence electrons. The van der Waals surface area contributed by atoms with Gasteiger partial charge in [0.05, 0.1) is 12.2 Å². The van der Waals surface area contributed by atoms with E-state index in [9.17, 15) is 9.59 Å². The van der Waals surface area contributed by atoms with Crippen LogP contribution in [0.2, 0.25) is 0 Å². The first-order valence-electron chi connectivity index (χ1n) is 10.6. The summed E-state index contributed by atoms with van der Waals surface area (Å²) >= 11 is 0. The van der Waals surface area contributed by atoms with E-state index in [1.165, 1.54) is 0 Å². The van der Waals surface area contributed by atoms with Crippen molar-refractivity contribution in [3.63, 3.8) is 0 Å². The zero-order chi connectivity index (χ0) is 20.1. The van der Waals surface area contributed by atoms with Gasteiger partial charge in [0.1, 0.15) is 5.75 Å². The maximum absolute atomic E-state index is 12.8. The number of hydrogen-bond donors (Lipinski definition) is 0. The van der Waals surface area contributed by atoms with Crippen molar-refractivity contribution >= 4 is 11.8 Å². The van der Waals surface area contributed by atoms with Crippen LogP contribution in [-0.2, 0) is 4.79 Å². The number of benzene rings is 1. The van der Waals surface area contributed by atoms with Gasteiger partial charge in [-0.1, -0.05) is 32.9 Å². The fourth-order valence-corrected chi connectivity index (χ4v) is 4.06. The van der Waals surface area contributed by atoms with Crippen LogP contribution in [0.15, 0.2) is 24.3 Å². The molecule has 0 saturated carbocycles. The van der Waals surface area contributed by atoms with E-state index >= 15 is 0 Å². The van der Waals surface area contributed by atoms with Gasteiger partial charge >= 0.3 is 0 Å². The zero-order valence-electron chi connectivity index (χ0n) is 17.6. The summed E-state index contributed by atoms with van der Waals surface area (Å²) in [7, 11) is 0. The SMILES string of the molecule is CC(C)(C)CC(=O)N1CCCC(COc2ccccc2C(=O)N2CCCC2)C1. The number of ether oxygens (including phenoxy) is 1. The molecular weight excluding hydrogens is 352 g/mol. The predicted molar refractivity (Wildman–Crippen MR) is 110 cm³/mol. The summed E-state index contributed by atoms with van der Waals surface area (Å²) in [4.78, 5) is 29.2. The van der Waals surface area contributed by atoms with Crippen molar-refractivity contribution in [1.29, 1.82) is 0 Å². The summed E-state index contributed by atoms with van der Waals surface area (Å²) < 4.78 is 6.10. The summed E-state index contributed by atoms with van der Waals surface area (Å²) in [5.74, 6) is 1.28. The average molecular weight is 387 g/mol. The first kappa shape index (κ1) is 20.7. The fourth-order valence-electron chi connectivity index (χ4n) is 4.06. The number of hydrogen-bond acceptors (Lipinski definition) is 3. The standard InChI is InChI=1S/C23H34N2O3/c1-23(2,3)15-21(26)25-14-8-9-18(16-25)17-28-20-11-5-4-10-19(20)22(27)24-12-6-7-13-24/h4-5,10-11,18H,6-9,12-17H2,1-3H3. The predicted octanol–water partition coefficient (Wildman–Crippen LogP) is 3.98. The van der Waals surface area contributed by atoms with Crippen LogP contribution in [0.3, 0.4) is 0 Å². The van der Waals surface area contributed by atoms with Crippen LogP contribution in [0, 0.1) is 11.3 Å². The van der Waals surface area contributed by atoms with E-state index in [-0.39, 0.29) is 17.2 Å². The monoisotopic (exact) mass is 386 g/mol. The highest BCUT2D eigenvalue weighted by Crippen LogP contribution is 2.26. The van der Waals surface area contributed by atoms with Gasteiger partial charge < -0.3 is 14.5 Å². The van der Waals surface area contributed by atoms with Crippen molar-refractivity contribution in [2.45, 2.75) is 52.9 Å². The molecule has 0 bridgehead atoms. The lowest BCUT2D eigenvalue weighted by atomic mass is 9.90. The molecular formula is C23H34N2O3. The lowest BCUT2D eigenvalue weighted by molar-refractivity contribution is -0.135. The molecule has 0 aliphatic carbocycles. The topological polar surface area (TPSA) is 49.9 Å². The van der Waals surface area contributed by atoms with Crippen LogP contribution in [0.25, 0.3) is 0 Å². The Balaban J connectivity index is 1.58. The molecule has 1 atom stereocenters. The molecule has 3 rings (SSSR count). The molecule has 2 saturated heterocycles. The van der Waals surface area contributed by atoms with Gasteiger partial charge in [0, 0.05) is 38.5 Å². The summed E-state index contributed by atoms with van der Waals surface area (Å²) in [5.41, 5.74) is 0.663. The van der Waals surface area contributed by atoms with Crippen molar-refractivity contribution in [3.8, 4) is 5.75 Å². The quantitative estimate of drug-likeness (QED) is 0.769. The first-order valence-corrected chi connectivity index (χ1v) is 10.6. The Morgan fingerprint density at radius 2 is 1.71 bits per heavy atom. The Labute approximate surface area is 169 Å². The van der Waals surface area contributed by atoms with Crippen LogP contribution in [0.5, 0.6) is 5.75 Å². The summed E-state index contributed by atoms with van der Waals surface area (Å²) in [6.45, 7) is 10.1. The third kappa shape index (κ3) is 5.49. The highest BCUT2D eigenvalue weighted by atomic mass is 16.5. The van der Waals surface area contributed by atoms with Crippen molar-refractivity contribution in [1.82, 2.24) is 9.80 Å². The van der Waals surface area contributed by atoms with E-state index in [1.807, 2.05) is 34.1 Å². The van der Waals surface area contributed by atoms with Gasteiger partial charge in [-0.3, -0.25) is 9.59 Å². The molecule has 2 fully saturated rings. The van der Waals surface area contributed by atoms with E-state index in [0.717, 1.165) is 51.9 Å². The second-order valence-electron chi connectivity index (χ2n) is 9.39. The average Bonchev–Trinajstić information content (AvgIpc) is 3.20. The largest absolute Gasteiger partial charge is 0.492 e. The van der Waals surface area contributed by atoms with Crippen LogP contribution in [0.4, 0.5) is 0 Å². The summed E-state index contributed by atoms with van der Waals surface area (Å²) in [5, 5.41) is 0. The zero-order valence-corrected chi connectivity index (χ0v) is 17.6. The van der Waals surface area contributed by atoms with Crippen molar-refractivity contribution in [2.24, 2.45) is 11.3 Å². The molecule has 28 heavy (non-hydrogen) atoms. The normalized spacial score (nSPS) is 20.3. The van der Waals surface area contributed by atoms with Crippen molar-refractivity contribution < 1.29 is 14.3 Å². The molecule has 1 unspecified atom stereocenters. The van der Waals surface area contributed by atoms with Crippen molar-refractivity contribution in [2.75, 3.05) is 32.8 Å². The third-order valence-electron chi connectivity index (χ3n) is 5.54. The van der Waals surface area contributed by atoms with Crippen LogP contribution < -0.4 is 4.74 Å². The molecule has 2 heterocycles. The lowest BCUT2D eigenvalue weighted by Crippen LogP contribution is -2.42. The number of nitrogens with zero attached hydrogens (tertiary/aromatic N) is 2. The van der Waals surface area contributed by atoms with Gasteiger partial charge in [-0.05, 0) is 43.2 Å². The highest BCUT2D eigenvalue weighted by Gasteiger charge is 2.28. The van der Waals surface area contributed by atoms with Gasteiger partial charge in [-0.15, -0.1) is 0 Å². The van der Waals surface area contributed by atoms with Gasteiger partial charge in [0.25, 0.3) is 5.91 Å². The Kier molecular flexibility index (Phi) is 6.63. The molecule has 0 spiro atoms. The maximum Gasteiger partial charge on any atom is 0.257 e. The second-order valence-corrected chi connectivity index (χ2v) is 9.39. The number of rotatable bonds is 5. The third-order valence-corrected chi connectivity index (χ3v) is 5.54. The molecule has 0 N–H and O–H groups in total. The molecule has 5 heteroatoms. The number of carbonyl (C=O) groups is 2. The van der Waals surface area contributed by atoms with E-state index in [1.54, 1.807) is 0 Å². The fraction of sp³-hybridized carbons (Fsp3) is 0.652. The number of para-hydroxylation sites is 1. The Bertz CT molecular complexity index is 689. The molecule has 5 nitrogen and oxygen atoms in total. The van der Waals surface area contributed by atoms with E-state index in [2.05, 4.69) is 20.8 Å². The first-order chi connectivity index (χ1) is 13.3. The number of carbonyl (C=O) groups excluding carboxylic acids is 2. The highest BCUT2D eigenvalue weighted by molar-refractivity contribution is 5.97. The van der Waals surface area contributed by atoms with E-state index in [4.69, 9.17) is 4.74 Å². The number of likely N-dealkylation sites (tertiary alicyclic amines) is 2. The van der Waals surface area contributed by atoms with Crippen LogP contribution in [0.1, 0.15) is 63.2 Å². The van der Waals surface area contributed by atoms with Gasteiger partial charge in [-0.2, -0.15) is 0 Å². The molecule has 2 aliphatic heterocycles. The minimum absolute atomic E-state index is 0.00933. The molecule has 2 aliphatic rings.